The smallest absolute Gasteiger partial charge is 0.126 e. The topological polar surface area (TPSA) is 52.9 Å². The number of rotatable bonds is 5. The Kier molecular flexibility index (Phi) is 7.21. The first-order chi connectivity index (χ1) is 13.1. The average Bonchev–Trinajstić information content (AvgIpc) is 3.31. The summed E-state index contributed by atoms with van der Waals surface area (Å²) in [4.78, 5) is 2.03. The highest BCUT2D eigenvalue weighted by Crippen LogP contribution is 2.20. The van der Waals surface area contributed by atoms with E-state index in [1.807, 2.05) is 4.90 Å². The summed E-state index contributed by atoms with van der Waals surface area (Å²) in [6, 6.07) is 14.8. The van der Waals surface area contributed by atoms with E-state index in [-0.39, 0.29) is 18.5 Å². The van der Waals surface area contributed by atoms with Crippen molar-refractivity contribution in [2.45, 2.75) is 37.9 Å². The normalized spacial score (nSPS) is 19.9. The molecule has 2 aromatic rings. The molecule has 0 radical (unpaired) electrons. The summed E-state index contributed by atoms with van der Waals surface area (Å²) in [5, 5.41) is 18.1. The molecule has 1 saturated heterocycles. The molecule has 0 amide bonds. The zero-order valence-electron chi connectivity index (χ0n) is 15.6. The molecule has 4 rings (SSSR count). The predicted octanol–water partition coefficient (Wildman–Crippen LogP) is 2.81. The fraction of sp³-hybridized carbons (Fsp3) is 0.455. The summed E-state index contributed by atoms with van der Waals surface area (Å²) >= 11 is 0. The third-order valence-electron chi connectivity index (χ3n) is 5.02. The zero-order valence-corrected chi connectivity index (χ0v) is 15.6. The molecule has 1 fully saturated rings. The van der Waals surface area contributed by atoms with E-state index in [2.05, 4.69) is 24.3 Å². The van der Waals surface area contributed by atoms with Crippen LogP contribution in [0, 0.1) is 5.82 Å². The van der Waals surface area contributed by atoms with Gasteiger partial charge >= 0.3 is 0 Å². The number of hydrogen-bond donors (Lipinski definition) is 2. The minimum absolute atomic E-state index is 0.0118. The van der Waals surface area contributed by atoms with E-state index in [9.17, 15) is 9.50 Å². The second-order valence-electron chi connectivity index (χ2n) is 7.20. The van der Waals surface area contributed by atoms with Gasteiger partial charge in [0.15, 0.2) is 0 Å². The lowest BCUT2D eigenvalue weighted by Crippen LogP contribution is -2.34. The van der Waals surface area contributed by atoms with Gasteiger partial charge in [0.1, 0.15) is 17.7 Å². The van der Waals surface area contributed by atoms with Gasteiger partial charge in [-0.3, -0.25) is 4.90 Å². The number of β-amino-alcohol motifs (C(OH)–C–C–N with tert-alkyl or cyclic N) is 1. The van der Waals surface area contributed by atoms with Gasteiger partial charge in [-0.25, -0.2) is 4.39 Å². The lowest BCUT2D eigenvalue weighted by molar-refractivity contribution is 0.0628. The van der Waals surface area contributed by atoms with Crippen molar-refractivity contribution in [3.8, 4) is 5.75 Å². The van der Waals surface area contributed by atoms with Gasteiger partial charge in [-0.2, -0.15) is 0 Å². The van der Waals surface area contributed by atoms with Gasteiger partial charge in [0.25, 0.3) is 0 Å². The first-order valence-electron chi connectivity index (χ1n) is 9.64. The molecule has 1 heterocycles. The van der Waals surface area contributed by atoms with Gasteiger partial charge in [0.2, 0.25) is 0 Å². The van der Waals surface area contributed by atoms with E-state index >= 15 is 0 Å². The summed E-state index contributed by atoms with van der Waals surface area (Å²) in [6.07, 6.45) is 4.11. The Bertz CT molecular complexity index is 701. The average molecular weight is 373 g/mol. The molecule has 0 spiro atoms. The van der Waals surface area contributed by atoms with E-state index < -0.39 is 6.10 Å². The van der Waals surface area contributed by atoms with Crippen LogP contribution in [0.4, 0.5) is 4.39 Å². The van der Waals surface area contributed by atoms with Crippen molar-refractivity contribution in [2.24, 2.45) is 0 Å². The van der Waals surface area contributed by atoms with Crippen LogP contribution in [-0.4, -0.2) is 53.6 Å². The van der Waals surface area contributed by atoms with Crippen LogP contribution in [0.25, 0.3) is 0 Å². The number of aryl methyl sites for hydroxylation is 2. The number of aliphatic hydroxyl groups excluding tert-OH is 2. The molecule has 5 heteroatoms. The second-order valence-corrected chi connectivity index (χ2v) is 7.20. The summed E-state index contributed by atoms with van der Waals surface area (Å²) in [5.74, 6) is 0.225. The maximum atomic E-state index is 13.0. The number of fused-ring (bicyclic) bond motifs is 1. The molecule has 2 unspecified atom stereocenters. The molecule has 1 aliphatic heterocycles. The Morgan fingerprint density at radius 2 is 1.85 bits per heavy atom. The van der Waals surface area contributed by atoms with Gasteiger partial charge in [-0.1, -0.05) is 30.3 Å². The molecule has 0 aromatic heterocycles. The van der Waals surface area contributed by atoms with E-state index in [1.165, 1.54) is 31.4 Å². The van der Waals surface area contributed by atoms with Gasteiger partial charge in [0.05, 0.1) is 12.7 Å². The predicted molar refractivity (Wildman–Crippen MR) is 103 cm³/mol. The highest BCUT2D eigenvalue weighted by molar-refractivity contribution is 5.30. The van der Waals surface area contributed by atoms with Crippen LogP contribution in [0.1, 0.15) is 24.0 Å². The standard InChI is InChI=1S/C13H18FNO3.C9H10/c14-10-2-1-3-12(6-10)18-13-4-5-15(8-13)7-11(17)9-16;1-2-5-9-7-3-6-8(9)4-1/h1-3,6,11,13,16-17H,4-5,7-9H2;1-2,4-5H,3,6-7H2. The summed E-state index contributed by atoms with van der Waals surface area (Å²) in [5.41, 5.74) is 3.13. The van der Waals surface area contributed by atoms with Crippen molar-refractivity contribution in [3.05, 3.63) is 65.5 Å². The van der Waals surface area contributed by atoms with Crippen molar-refractivity contribution >= 4 is 0 Å². The van der Waals surface area contributed by atoms with E-state index in [1.54, 1.807) is 23.3 Å². The van der Waals surface area contributed by atoms with E-state index in [0.29, 0.717) is 18.8 Å². The largest absolute Gasteiger partial charge is 0.489 e. The summed E-state index contributed by atoms with van der Waals surface area (Å²) in [7, 11) is 0. The Hall–Kier alpha value is -1.95. The maximum Gasteiger partial charge on any atom is 0.126 e. The van der Waals surface area contributed by atoms with Crippen LogP contribution in [-0.2, 0) is 12.8 Å². The lowest BCUT2D eigenvalue weighted by Gasteiger charge is -2.19. The van der Waals surface area contributed by atoms with E-state index in [0.717, 1.165) is 13.0 Å². The third-order valence-corrected chi connectivity index (χ3v) is 5.02. The first-order valence-corrected chi connectivity index (χ1v) is 9.64. The first kappa shape index (κ1) is 19.8. The van der Waals surface area contributed by atoms with Gasteiger partial charge < -0.3 is 14.9 Å². The molecule has 2 aliphatic rings. The fourth-order valence-electron chi connectivity index (χ4n) is 3.66. The van der Waals surface area contributed by atoms with Crippen molar-refractivity contribution in [1.82, 2.24) is 4.90 Å². The van der Waals surface area contributed by atoms with E-state index in [4.69, 9.17) is 9.84 Å². The third kappa shape index (κ3) is 6.03. The molecular formula is C22H28FNO3. The van der Waals surface area contributed by atoms with Gasteiger partial charge in [0, 0.05) is 25.7 Å². The number of aliphatic hydroxyl groups is 2. The molecule has 0 saturated carbocycles. The van der Waals surface area contributed by atoms with Crippen molar-refractivity contribution in [1.29, 1.82) is 0 Å². The molecule has 1 aliphatic carbocycles. The van der Waals surface area contributed by atoms with Crippen LogP contribution in [0.3, 0.4) is 0 Å². The fourth-order valence-corrected chi connectivity index (χ4v) is 3.66. The van der Waals surface area contributed by atoms with Crippen LogP contribution in [0.5, 0.6) is 5.75 Å². The Labute approximate surface area is 160 Å². The number of benzene rings is 2. The second kappa shape index (κ2) is 9.83. The lowest BCUT2D eigenvalue weighted by atomic mass is 10.1. The molecule has 0 bridgehead atoms. The van der Waals surface area contributed by atoms with Gasteiger partial charge in [-0.05, 0) is 48.9 Å². The van der Waals surface area contributed by atoms with Crippen LogP contribution >= 0.6 is 0 Å². The maximum absolute atomic E-state index is 13.0. The zero-order chi connectivity index (χ0) is 19.1. The Balaban J connectivity index is 0.000000193. The Morgan fingerprint density at radius 1 is 1.11 bits per heavy atom. The quantitative estimate of drug-likeness (QED) is 0.846. The van der Waals surface area contributed by atoms with Crippen molar-refractivity contribution in [2.75, 3.05) is 26.2 Å². The minimum atomic E-state index is -0.710. The monoisotopic (exact) mass is 373 g/mol. The van der Waals surface area contributed by atoms with Crippen molar-refractivity contribution in [3.63, 3.8) is 0 Å². The number of likely N-dealkylation sites (tertiary alicyclic amines) is 1. The van der Waals surface area contributed by atoms with Crippen LogP contribution in [0.2, 0.25) is 0 Å². The SMILES string of the molecule is OCC(O)CN1CCC(Oc2cccc(F)c2)C1.c1ccc2c(c1)CCC2. The summed E-state index contributed by atoms with van der Waals surface area (Å²) in [6.45, 7) is 1.72. The number of hydrogen-bond acceptors (Lipinski definition) is 4. The highest BCUT2D eigenvalue weighted by Gasteiger charge is 2.25. The molecule has 2 aromatic carbocycles. The molecule has 27 heavy (non-hydrogen) atoms. The Morgan fingerprint density at radius 3 is 2.52 bits per heavy atom. The summed E-state index contributed by atoms with van der Waals surface area (Å²) < 4.78 is 18.7. The molecule has 2 N–H and O–H groups in total. The number of halogens is 1. The number of ether oxygens (including phenoxy) is 1. The molecular weight excluding hydrogens is 345 g/mol. The van der Waals surface area contributed by atoms with Crippen LogP contribution in [0.15, 0.2) is 48.5 Å². The van der Waals surface area contributed by atoms with Crippen LogP contribution < -0.4 is 4.74 Å². The van der Waals surface area contributed by atoms with Crippen molar-refractivity contribution < 1.29 is 19.3 Å². The van der Waals surface area contributed by atoms with Gasteiger partial charge in [-0.15, -0.1) is 0 Å². The highest BCUT2D eigenvalue weighted by atomic mass is 19.1. The minimum Gasteiger partial charge on any atom is -0.489 e. The molecule has 2 atom stereocenters. The molecule has 146 valence electrons. The number of nitrogens with zero attached hydrogens (tertiary/aromatic N) is 1. The molecule has 4 nitrogen and oxygen atoms in total.